The molecule has 0 amide bonds. The fourth-order valence-electron chi connectivity index (χ4n) is 1.08. The van der Waals surface area contributed by atoms with E-state index in [2.05, 4.69) is 11.3 Å². The van der Waals surface area contributed by atoms with Crippen LogP contribution in [0.15, 0.2) is 42.5 Å². The van der Waals surface area contributed by atoms with Crippen LogP contribution in [0.4, 0.5) is 0 Å². The Bertz CT molecular complexity index is 330. The summed E-state index contributed by atoms with van der Waals surface area (Å²) in [5, 5.41) is 9.69. The molecule has 1 rings (SSSR count). The van der Waals surface area contributed by atoms with Crippen LogP contribution in [0.3, 0.4) is 0 Å². The highest BCUT2D eigenvalue weighted by Gasteiger charge is 2.18. The maximum atomic E-state index is 11.0. The fourth-order valence-corrected chi connectivity index (χ4v) is 1.08. The molecule has 0 bridgehead atoms. The quantitative estimate of drug-likeness (QED) is 0.582. The summed E-state index contributed by atoms with van der Waals surface area (Å²) < 4.78 is 4.46. The minimum absolute atomic E-state index is 0.0405. The van der Waals surface area contributed by atoms with Crippen LogP contribution in [-0.4, -0.2) is 18.2 Å². The number of hydrogen-bond donors (Lipinski definition) is 1. The summed E-state index contributed by atoms with van der Waals surface area (Å²) in [6, 6.07) is 8.83. The van der Waals surface area contributed by atoms with Gasteiger partial charge in [-0.1, -0.05) is 36.9 Å². The van der Waals surface area contributed by atoms with Crippen LogP contribution in [0, 0.1) is 0 Å². The average molecular weight is 192 g/mol. The molecule has 0 aromatic heterocycles. The molecule has 14 heavy (non-hydrogen) atoms. The molecule has 0 heterocycles. The van der Waals surface area contributed by atoms with Crippen LogP contribution in [0.1, 0.15) is 11.7 Å². The number of hydrogen-bond acceptors (Lipinski definition) is 3. The van der Waals surface area contributed by atoms with Crippen molar-refractivity contribution in [3.63, 3.8) is 0 Å². The number of aliphatic hydroxyl groups is 1. The van der Waals surface area contributed by atoms with Gasteiger partial charge in [-0.25, -0.2) is 4.79 Å². The lowest BCUT2D eigenvalue weighted by molar-refractivity contribution is -0.137. The van der Waals surface area contributed by atoms with Gasteiger partial charge in [-0.05, 0) is 5.56 Å². The molecule has 0 aliphatic rings. The number of aliphatic hydroxyl groups excluding tert-OH is 1. The van der Waals surface area contributed by atoms with Gasteiger partial charge in [0.15, 0.2) is 0 Å². The third-order valence-electron chi connectivity index (χ3n) is 1.89. The molecule has 0 spiro atoms. The summed E-state index contributed by atoms with van der Waals surface area (Å²) >= 11 is 0. The lowest BCUT2D eigenvalue weighted by Crippen LogP contribution is -2.11. The highest BCUT2D eigenvalue weighted by atomic mass is 16.5. The molecule has 1 aromatic rings. The number of esters is 1. The van der Waals surface area contributed by atoms with E-state index in [1.165, 1.54) is 7.11 Å². The zero-order valence-corrected chi connectivity index (χ0v) is 7.93. The van der Waals surface area contributed by atoms with Gasteiger partial charge < -0.3 is 9.84 Å². The Kier molecular flexibility index (Phi) is 3.42. The number of benzene rings is 1. The lowest BCUT2D eigenvalue weighted by atomic mass is 10.0. The minimum atomic E-state index is -0.997. The van der Waals surface area contributed by atoms with Gasteiger partial charge in [0.2, 0.25) is 0 Å². The van der Waals surface area contributed by atoms with Crippen LogP contribution in [0.25, 0.3) is 0 Å². The van der Waals surface area contributed by atoms with Gasteiger partial charge in [0, 0.05) is 0 Å². The van der Waals surface area contributed by atoms with Crippen molar-refractivity contribution in [1.82, 2.24) is 0 Å². The molecule has 1 aromatic carbocycles. The van der Waals surface area contributed by atoms with Crippen molar-refractivity contribution in [3.05, 3.63) is 48.0 Å². The summed E-state index contributed by atoms with van der Waals surface area (Å²) in [5.74, 6) is -0.596. The first-order valence-corrected chi connectivity index (χ1v) is 4.17. The van der Waals surface area contributed by atoms with E-state index in [9.17, 15) is 9.90 Å². The zero-order valence-electron chi connectivity index (χ0n) is 7.93. The van der Waals surface area contributed by atoms with Crippen molar-refractivity contribution in [2.24, 2.45) is 0 Å². The van der Waals surface area contributed by atoms with Gasteiger partial charge in [-0.3, -0.25) is 0 Å². The lowest BCUT2D eigenvalue weighted by Gasteiger charge is -2.11. The first-order chi connectivity index (χ1) is 6.66. The van der Waals surface area contributed by atoms with Crippen molar-refractivity contribution in [2.75, 3.05) is 7.11 Å². The maximum absolute atomic E-state index is 11.0. The van der Waals surface area contributed by atoms with Crippen molar-refractivity contribution in [1.29, 1.82) is 0 Å². The Morgan fingerprint density at radius 2 is 2.00 bits per heavy atom. The molecule has 0 saturated heterocycles. The van der Waals surface area contributed by atoms with Gasteiger partial charge in [0.1, 0.15) is 6.10 Å². The second-order valence-electron chi connectivity index (χ2n) is 2.83. The predicted molar refractivity (Wildman–Crippen MR) is 52.6 cm³/mol. The third kappa shape index (κ3) is 2.20. The molecular weight excluding hydrogens is 180 g/mol. The molecule has 3 heteroatoms. The smallest absolute Gasteiger partial charge is 0.336 e. The van der Waals surface area contributed by atoms with E-state index in [4.69, 9.17) is 0 Å². The normalized spacial score (nSPS) is 11.9. The molecule has 0 fully saturated rings. The van der Waals surface area contributed by atoms with Crippen LogP contribution >= 0.6 is 0 Å². The van der Waals surface area contributed by atoms with Crippen LogP contribution in [0.5, 0.6) is 0 Å². The zero-order chi connectivity index (χ0) is 10.6. The molecule has 0 saturated carbocycles. The Balaban J connectivity index is 2.81. The van der Waals surface area contributed by atoms with E-state index in [1.54, 1.807) is 24.3 Å². The molecule has 74 valence electrons. The minimum Gasteiger partial charge on any atom is -0.466 e. The highest BCUT2D eigenvalue weighted by Crippen LogP contribution is 2.20. The van der Waals surface area contributed by atoms with E-state index in [1.807, 2.05) is 6.07 Å². The SMILES string of the molecule is C=C(C(=O)OC)[C@@H](O)c1ccccc1. The first-order valence-electron chi connectivity index (χ1n) is 4.17. The van der Waals surface area contributed by atoms with E-state index in [0.717, 1.165) is 0 Å². The molecule has 0 aliphatic heterocycles. The Morgan fingerprint density at radius 3 is 2.50 bits per heavy atom. The van der Waals surface area contributed by atoms with E-state index >= 15 is 0 Å². The average Bonchev–Trinajstić information content (AvgIpc) is 2.27. The van der Waals surface area contributed by atoms with Crippen LogP contribution in [-0.2, 0) is 9.53 Å². The Morgan fingerprint density at radius 1 is 1.43 bits per heavy atom. The van der Waals surface area contributed by atoms with Crippen LogP contribution in [0.2, 0.25) is 0 Å². The number of methoxy groups -OCH3 is 1. The molecule has 1 N–H and O–H groups in total. The third-order valence-corrected chi connectivity index (χ3v) is 1.89. The first kappa shape index (κ1) is 10.5. The van der Waals surface area contributed by atoms with Gasteiger partial charge in [-0.15, -0.1) is 0 Å². The summed E-state index contributed by atoms with van der Waals surface area (Å²) in [6.45, 7) is 3.48. The second-order valence-corrected chi connectivity index (χ2v) is 2.83. The summed E-state index contributed by atoms with van der Waals surface area (Å²) in [6.07, 6.45) is -0.997. The van der Waals surface area contributed by atoms with Crippen molar-refractivity contribution in [3.8, 4) is 0 Å². The Hall–Kier alpha value is -1.61. The van der Waals surface area contributed by atoms with E-state index < -0.39 is 12.1 Å². The van der Waals surface area contributed by atoms with Crippen molar-refractivity contribution >= 4 is 5.97 Å². The summed E-state index contributed by atoms with van der Waals surface area (Å²) in [4.78, 5) is 11.0. The molecule has 0 unspecified atom stereocenters. The standard InChI is InChI=1S/C11H12O3/c1-8(11(13)14-2)10(12)9-6-4-3-5-7-9/h3-7,10,12H,1H2,2H3/t10-/m1/s1. The van der Waals surface area contributed by atoms with E-state index in [0.29, 0.717) is 5.56 Å². The van der Waals surface area contributed by atoms with Gasteiger partial charge in [0.25, 0.3) is 0 Å². The van der Waals surface area contributed by atoms with Gasteiger partial charge in [0.05, 0.1) is 12.7 Å². The topological polar surface area (TPSA) is 46.5 Å². The van der Waals surface area contributed by atoms with Gasteiger partial charge in [-0.2, -0.15) is 0 Å². The molecule has 0 aliphatic carbocycles. The highest BCUT2D eigenvalue weighted by molar-refractivity contribution is 5.88. The number of ether oxygens (including phenoxy) is 1. The van der Waals surface area contributed by atoms with Crippen LogP contribution < -0.4 is 0 Å². The van der Waals surface area contributed by atoms with Crippen molar-refractivity contribution in [2.45, 2.75) is 6.10 Å². The predicted octanol–water partition coefficient (Wildman–Crippen LogP) is 1.45. The molecular formula is C11H12O3. The monoisotopic (exact) mass is 192 g/mol. The second kappa shape index (κ2) is 4.58. The molecule has 3 nitrogen and oxygen atoms in total. The molecule has 0 radical (unpaired) electrons. The van der Waals surface area contributed by atoms with Crippen molar-refractivity contribution < 1.29 is 14.6 Å². The van der Waals surface area contributed by atoms with Gasteiger partial charge >= 0.3 is 5.97 Å². The maximum Gasteiger partial charge on any atom is 0.336 e. The summed E-state index contributed by atoms with van der Waals surface area (Å²) in [7, 11) is 1.26. The number of rotatable bonds is 3. The largest absolute Gasteiger partial charge is 0.466 e. The molecule has 1 atom stereocenters. The number of carbonyl (C=O) groups is 1. The fraction of sp³-hybridized carbons (Fsp3) is 0.182. The Labute approximate surface area is 82.6 Å². The number of carbonyl (C=O) groups excluding carboxylic acids is 1. The van der Waals surface area contributed by atoms with E-state index in [-0.39, 0.29) is 5.57 Å². The summed E-state index contributed by atoms with van der Waals surface area (Å²) in [5.41, 5.74) is 0.668.